The second-order valence-corrected chi connectivity index (χ2v) is 14.7. The first kappa shape index (κ1) is 22.7. The zero-order chi connectivity index (χ0) is 20.9. The van der Waals surface area contributed by atoms with Gasteiger partial charge in [0.15, 0.2) is 8.32 Å². The van der Waals surface area contributed by atoms with Gasteiger partial charge in [-0.3, -0.25) is 4.79 Å². The number of carbonyl (C=O) groups is 1. The first-order chi connectivity index (χ1) is 13.0. The molecule has 2 aromatic carbocycles. The smallest absolute Gasteiger partial charge is 0.217 e. The molecule has 0 saturated carbocycles. The van der Waals surface area contributed by atoms with Gasteiger partial charge in [0.05, 0.1) is 6.04 Å². The summed E-state index contributed by atoms with van der Waals surface area (Å²) in [4.78, 5) is 13.2. The van der Waals surface area contributed by atoms with Crippen molar-refractivity contribution in [1.82, 2.24) is 5.32 Å². The Morgan fingerprint density at radius 3 is 2.11 bits per heavy atom. The second kappa shape index (κ2) is 9.29. The zero-order valence-electron chi connectivity index (χ0n) is 18.1. The van der Waals surface area contributed by atoms with Gasteiger partial charge in [0.25, 0.3) is 0 Å². The highest BCUT2D eigenvalue weighted by atomic mass is 32.2. The molecule has 0 saturated heterocycles. The van der Waals surface area contributed by atoms with Gasteiger partial charge < -0.3 is 9.74 Å². The number of benzene rings is 2. The van der Waals surface area contributed by atoms with Crippen molar-refractivity contribution in [2.45, 2.75) is 69.1 Å². The standard InChI is InChI=1S/C23H33NO2SSi/c1-17-13-15-20(16-14-17)27-22(26-28(6,7)23(3,4)5)21(24-18(2)25)19-11-9-8-10-12-19/h8-16,21-22H,1-7H3,(H,24,25)/t21-,22-/m0/s1. The maximum absolute atomic E-state index is 12.0. The Labute approximate surface area is 175 Å². The summed E-state index contributed by atoms with van der Waals surface area (Å²) in [6, 6.07) is 18.4. The topological polar surface area (TPSA) is 38.3 Å². The molecular formula is C23H33NO2SSi. The van der Waals surface area contributed by atoms with E-state index in [-0.39, 0.29) is 22.4 Å². The zero-order valence-corrected chi connectivity index (χ0v) is 19.9. The molecule has 3 nitrogen and oxygen atoms in total. The van der Waals surface area contributed by atoms with Gasteiger partial charge in [0, 0.05) is 11.8 Å². The molecule has 0 bridgehead atoms. The monoisotopic (exact) mass is 415 g/mol. The number of amides is 1. The lowest BCUT2D eigenvalue weighted by molar-refractivity contribution is -0.120. The molecule has 0 aliphatic carbocycles. The van der Waals surface area contributed by atoms with Crippen LogP contribution in [0.2, 0.25) is 18.1 Å². The van der Waals surface area contributed by atoms with Crippen LogP contribution >= 0.6 is 11.8 Å². The van der Waals surface area contributed by atoms with Gasteiger partial charge in [-0.15, -0.1) is 0 Å². The van der Waals surface area contributed by atoms with Crippen LogP contribution in [0.15, 0.2) is 59.5 Å². The molecule has 0 aromatic heterocycles. The average Bonchev–Trinajstić information content (AvgIpc) is 2.60. The largest absolute Gasteiger partial charge is 0.402 e. The molecule has 28 heavy (non-hydrogen) atoms. The van der Waals surface area contributed by atoms with Crippen molar-refractivity contribution < 1.29 is 9.22 Å². The van der Waals surface area contributed by atoms with Crippen molar-refractivity contribution in [3.63, 3.8) is 0 Å². The van der Waals surface area contributed by atoms with Crippen LogP contribution in [-0.4, -0.2) is 19.7 Å². The van der Waals surface area contributed by atoms with Crippen LogP contribution in [-0.2, 0) is 9.22 Å². The fourth-order valence-electron chi connectivity index (χ4n) is 2.57. The maximum atomic E-state index is 12.0. The van der Waals surface area contributed by atoms with Gasteiger partial charge in [-0.1, -0.05) is 80.6 Å². The summed E-state index contributed by atoms with van der Waals surface area (Å²) in [5.74, 6) is -0.0535. The predicted octanol–water partition coefficient (Wildman–Crippen LogP) is 6.31. The van der Waals surface area contributed by atoms with Crippen molar-refractivity contribution in [1.29, 1.82) is 0 Å². The molecule has 152 valence electrons. The first-order valence-electron chi connectivity index (χ1n) is 9.73. The quantitative estimate of drug-likeness (QED) is 0.327. The van der Waals surface area contributed by atoms with E-state index in [1.165, 1.54) is 5.56 Å². The highest BCUT2D eigenvalue weighted by Gasteiger charge is 2.41. The molecule has 2 atom stereocenters. The third kappa shape index (κ3) is 6.22. The molecule has 0 fully saturated rings. The molecule has 0 radical (unpaired) electrons. The number of rotatable bonds is 7. The highest BCUT2D eigenvalue weighted by molar-refractivity contribution is 7.99. The summed E-state index contributed by atoms with van der Waals surface area (Å²) >= 11 is 1.68. The number of carbonyl (C=O) groups excluding carboxylic acids is 1. The summed E-state index contributed by atoms with van der Waals surface area (Å²) in [6.07, 6.45) is 0. The van der Waals surface area contributed by atoms with Gasteiger partial charge in [-0.2, -0.15) is 0 Å². The maximum Gasteiger partial charge on any atom is 0.217 e. The third-order valence-electron chi connectivity index (χ3n) is 5.28. The van der Waals surface area contributed by atoms with Gasteiger partial charge in [0.1, 0.15) is 5.44 Å². The van der Waals surface area contributed by atoms with E-state index in [0.29, 0.717) is 0 Å². The Morgan fingerprint density at radius 2 is 1.61 bits per heavy atom. The molecule has 5 heteroatoms. The molecule has 0 aliphatic heterocycles. The number of hydrogen-bond acceptors (Lipinski definition) is 3. The molecule has 0 heterocycles. The average molecular weight is 416 g/mol. The summed E-state index contributed by atoms with van der Waals surface area (Å²) < 4.78 is 6.84. The van der Waals surface area contributed by atoms with Gasteiger partial charge >= 0.3 is 0 Å². The summed E-state index contributed by atoms with van der Waals surface area (Å²) in [5, 5.41) is 3.22. The van der Waals surface area contributed by atoms with Crippen molar-refractivity contribution in [2.24, 2.45) is 0 Å². The van der Waals surface area contributed by atoms with E-state index in [9.17, 15) is 4.79 Å². The number of hydrogen-bond donors (Lipinski definition) is 1. The van der Waals surface area contributed by atoms with E-state index in [2.05, 4.69) is 82.5 Å². The van der Waals surface area contributed by atoms with Gasteiger partial charge in [-0.05, 0) is 42.8 Å². The Bertz CT molecular complexity index is 769. The molecule has 2 rings (SSSR count). The van der Waals surface area contributed by atoms with Crippen LogP contribution in [0.3, 0.4) is 0 Å². The summed E-state index contributed by atoms with van der Waals surface area (Å²) in [5.41, 5.74) is 2.07. The van der Waals surface area contributed by atoms with Crippen LogP contribution in [0.5, 0.6) is 0 Å². The summed E-state index contributed by atoms with van der Waals surface area (Å²) in [6.45, 7) is 14.9. The fraction of sp³-hybridized carbons (Fsp3) is 0.435. The number of nitrogens with one attached hydrogen (secondary N) is 1. The Balaban J connectivity index is 2.43. The van der Waals surface area contributed by atoms with E-state index in [0.717, 1.165) is 10.5 Å². The van der Waals surface area contributed by atoms with Crippen LogP contribution in [0.1, 0.15) is 44.9 Å². The van der Waals surface area contributed by atoms with Gasteiger partial charge in [0.2, 0.25) is 5.91 Å². The molecule has 0 aliphatic rings. The minimum absolute atomic E-state index is 0.0535. The van der Waals surface area contributed by atoms with E-state index >= 15 is 0 Å². The molecule has 0 spiro atoms. The number of aryl methyl sites for hydroxylation is 1. The first-order valence-corrected chi connectivity index (χ1v) is 13.5. The van der Waals surface area contributed by atoms with Gasteiger partial charge in [-0.25, -0.2) is 0 Å². The third-order valence-corrected chi connectivity index (χ3v) is 11.1. The van der Waals surface area contributed by atoms with E-state index < -0.39 is 8.32 Å². The van der Waals surface area contributed by atoms with Crippen LogP contribution < -0.4 is 5.32 Å². The SMILES string of the molecule is CC(=O)N[C@@H](c1ccccc1)[C@@H](O[Si](C)(C)C(C)(C)C)Sc1ccc(C)cc1. The second-order valence-electron chi connectivity index (χ2n) is 8.77. The lowest BCUT2D eigenvalue weighted by Crippen LogP contribution is -2.47. The molecule has 0 unspecified atom stereocenters. The van der Waals surface area contributed by atoms with Crippen LogP contribution in [0.4, 0.5) is 0 Å². The predicted molar refractivity (Wildman–Crippen MR) is 122 cm³/mol. The lowest BCUT2D eigenvalue weighted by Gasteiger charge is -2.41. The molecule has 1 N–H and O–H groups in total. The van der Waals surface area contributed by atoms with Crippen molar-refractivity contribution >= 4 is 26.0 Å². The summed E-state index contributed by atoms with van der Waals surface area (Å²) in [7, 11) is -2.05. The normalized spacial score (nSPS) is 14.4. The van der Waals surface area contributed by atoms with E-state index in [1.54, 1.807) is 18.7 Å². The van der Waals surface area contributed by atoms with E-state index in [1.807, 2.05) is 18.2 Å². The fourth-order valence-corrected chi connectivity index (χ4v) is 5.47. The molecular weight excluding hydrogens is 382 g/mol. The minimum atomic E-state index is -2.05. The van der Waals surface area contributed by atoms with Crippen molar-refractivity contribution in [3.8, 4) is 0 Å². The van der Waals surface area contributed by atoms with E-state index in [4.69, 9.17) is 4.43 Å². The minimum Gasteiger partial charge on any atom is -0.402 e. The highest BCUT2D eigenvalue weighted by Crippen LogP contribution is 2.42. The number of thioether (sulfide) groups is 1. The molecule has 1 amide bonds. The Kier molecular flexibility index (Phi) is 7.54. The van der Waals surface area contributed by atoms with Crippen molar-refractivity contribution in [3.05, 3.63) is 65.7 Å². The van der Waals surface area contributed by atoms with Crippen molar-refractivity contribution in [2.75, 3.05) is 0 Å². The van der Waals surface area contributed by atoms with Crippen LogP contribution in [0.25, 0.3) is 0 Å². The lowest BCUT2D eigenvalue weighted by atomic mass is 10.1. The molecule has 2 aromatic rings. The Hall–Kier alpha value is -1.56. The van der Waals surface area contributed by atoms with Crippen LogP contribution in [0, 0.1) is 6.92 Å². The Morgan fingerprint density at radius 1 is 1.04 bits per heavy atom.